The van der Waals surface area contributed by atoms with Crippen molar-refractivity contribution in [3.05, 3.63) is 53.6 Å². The monoisotopic (exact) mass is 530 g/mol. The summed E-state index contributed by atoms with van der Waals surface area (Å²) >= 11 is 7.64. The van der Waals surface area contributed by atoms with Crippen molar-refractivity contribution >= 4 is 46.8 Å². The van der Waals surface area contributed by atoms with Crippen molar-refractivity contribution in [2.45, 2.75) is 48.1 Å². The highest BCUT2D eigenvalue weighted by molar-refractivity contribution is 8.02. The molecule has 2 fully saturated rings. The summed E-state index contributed by atoms with van der Waals surface area (Å²) in [5.41, 5.74) is 0.710. The number of thioether (sulfide) groups is 1. The van der Waals surface area contributed by atoms with Crippen molar-refractivity contribution in [3.8, 4) is 0 Å². The number of carbonyl (C=O) groups excluding carboxylic acids is 3. The average Bonchev–Trinajstić information content (AvgIpc) is 3.16. The zero-order valence-electron chi connectivity index (χ0n) is 20.3. The molecule has 192 valence electrons. The fraction of sp³-hybridized carbons (Fsp3) is 0.519. The molecular weight excluding hydrogens is 500 g/mol. The third-order valence-corrected chi connectivity index (χ3v) is 9.76. The lowest BCUT2D eigenvalue weighted by molar-refractivity contribution is -0.154. The molecule has 4 heterocycles. The minimum absolute atomic E-state index is 0.0877. The van der Waals surface area contributed by atoms with Gasteiger partial charge in [-0.3, -0.25) is 14.4 Å². The van der Waals surface area contributed by atoms with Gasteiger partial charge >= 0.3 is 5.97 Å². The number of ether oxygens (including phenoxy) is 1. The molecule has 0 radical (unpaired) electrons. The Morgan fingerprint density at radius 3 is 2.58 bits per heavy atom. The number of nitrogens with zero attached hydrogens (tertiary/aromatic N) is 2. The molecule has 5 rings (SSSR count). The van der Waals surface area contributed by atoms with Gasteiger partial charge in [-0.25, -0.2) is 0 Å². The van der Waals surface area contributed by atoms with Gasteiger partial charge in [0.2, 0.25) is 5.91 Å². The number of benzene rings is 1. The summed E-state index contributed by atoms with van der Waals surface area (Å²) in [6, 6.07) is 6.36. The van der Waals surface area contributed by atoms with Crippen molar-refractivity contribution < 1.29 is 24.2 Å². The zero-order chi connectivity index (χ0) is 25.5. The molecule has 0 saturated carbocycles. The Morgan fingerprint density at radius 2 is 1.83 bits per heavy atom. The quantitative estimate of drug-likeness (QED) is 0.343. The van der Waals surface area contributed by atoms with E-state index in [0.29, 0.717) is 43.1 Å². The third kappa shape index (κ3) is 4.07. The number of likely N-dealkylation sites (tertiary alicyclic amines) is 1. The first-order valence-corrected chi connectivity index (χ1v) is 13.7. The molecule has 1 unspecified atom stereocenters. The Labute approximate surface area is 220 Å². The summed E-state index contributed by atoms with van der Waals surface area (Å²) in [5.74, 6) is -2.09. The minimum Gasteiger partial charge on any atom is -0.465 e. The van der Waals surface area contributed by atoms with E-state index in [1.54, 1.807) is 33.7 Å². The lowest BCUT2D eigenvalue weighted by Gasteiger charge is -2.37. The van der Waals surface area contributed by atoms with Gasteiger partial charge in [0, 0.05) is 35.2 Å². The number of hydrogen-bond donors (Lipinski definition) is 1. The first-order valence-electron chi connectivity index (χ1n) is 12.5. The molecule has 0 bridgehead atoms. The molecule has 9 heteroatoms. The van der Waals surface area contributed by atoms with Gasteiger partial charge in [-0.15, -0.1) is 11.8 Å². The number of amides is 2. The highest BCUT2D eigenvalue weighted by Gasteiger charge is 2.73. The second-order valence-electron chi connectivity index (χ2n) is 10.00. The SMILES string of the molecule is C[C@]12C=CCCOC(=O)[C@H]1[C@H]1C(=O)N(CCCCCO)C3C(=O)N(c4ccc(Cl)cc4)CC=C[C@@]31S2. The fourth-order valence-corrected chi connectivity index (χ4v) is 8.43. The molecule has 4 aliphatic rings. The van der Waals surface area contributed by atoms with Crippen LogP contribution in [0, 0.1) is 11.8 Å². The number of carbonyl (C=O) groups is 3. The number of aliphatic hydroxyl groups excluding tert-OH is 1. The first-order chi connectivity index (χ1) is 17.3. The Kier molecular flexibility index (Phi) is 6.96. The topological polar surface area (TPSA) is 87.1 Å². The van der Waals surface area contributed by atoms with Crippen LogP contribution in [-0.2, 0) is 19.1 Å². The molecule has 4 aliphatic heterocycles. The molecule has 36 heavy (non-hydrogen) atoms. The van der Waals surface area contributed by atoms with Gasteiger partial charge in [0.1, 0.15) is 6.04 Å². The molecule has 2 saturated heterocycles. The molecule has 7 nitrogen and oxygen atoms in total. The summed E-state index contributed by atoms with van der Waals surface area (Å²) in [5, 5.41) is 9.78. The van der Waals surface area contributed by atoms with Gasteiger partial charge in [0.15, 0.2) is 0 Å². The highest BCUT2D eigenvalue weighted by atomic mass is 35.5. The summed E-state index contributed by atoms with van der Waals surface area (Å²) in [7, 11) is 0. The molecule has 1 aromatic carbocycles. The second-order valence-corrected chi connectivity index (χ2v) is 12.2. The lowest BCUT2D eigenvalue weighted by atomic mass is 9.74. The Hall–Kier alpha value is -2.29. The largest absolute Gasteiger partial charge is 0.465 e. The van der Waals surface area contributed by atoms with Gasteiger partial charge in [0.05, 0.1) is 23.2 Å². The Bertz CT molecular complexity index is 1110. The molecule has 1 aromatic rings. The number of hydrogen-bond acceptors (Lipinski definition) is 6. The van der Waals surface area contributed by atoms with E-state index < -0.39 is 27.4 Å². The number of esters is 1. The van der Waals surface area contributed by atoms with Crippen molar-refractivity contribution in [2.75, 3.05) is 31.2 Å². The van der Waals surface area contributed by atoms with Crippen LogP contribution in [0.25, 0.3) is 0 Å². The maximum absolute atomic E-state index is 14.3. The van der Waals surface area contributed by atoms with Crippen molar-refractivity contribution in [3.63, 3.8) is 0 Å². The number of anilines is 1. The summed E-state index contributed by atoms with van der Waals surface area (Å²) in [6.45, 7) is 3.11. The Morgan fingerprint density at radius 1 is 1.06 bits per heavy atom. The van der Waals surface area contributed by atoms with Crippen LogP contribution in [0.5, 0.6) is 0 Å². The average molecular weight is 531 g/mol. The van der Waals surface area contributed by atoms with Crippen LogP contribution in [0.3, 0.4) is 0 Å². The smallest absolute Gasteiger partial charge is 0.311 e. The Balaban J connectivity index is 1.59. The number of unbranched alkanes of at least 4 members (excludes halogenated alkanes) is 2. The standard InChI is InChI=1S/C27H31ClN2O5S/c1-26-12-3-6-17-35-25(34)21(26)20-23(32)30(14-4-2-5-16-31)22-24(33)29(15-7-13-27(20,22)36-26)19-10-8-18(28)9-11-19/h3,7-13,20-22,31H,2,4-6,14-17H2,1H3/t20-,21+,22?,26-,27-/m0/s1. The molecule has 1 N–H and O–H groups in total. The van der Waals surface area contributed by atoms with Gasteiger partial charge < -0.3 is 19.6 Å². The van der Waals surface area contributed by atoms with E-state index in [4.69, 9.17) is 16.3 Å². The van der Waals surface area contributed by atoms with E-state index in [-0.39, 0.29) is 31.0 Å². The molecule has 0 aromatic heterocycles. The number of fused-ring (bicyclic) bond motifs is 2. The maximum atomic E-state index is 14.3. The first kappa shape index (κ1) is 25.4. The number of rotatable bonds is 6. The number of cyclic esters (lactones) is 1. The number of aliphatic hydroxyl groups is 1. The van der Waals surface area contributed by atoms with Crippen LogP contribution in [0.1, 0.15) is 32.6 Å². The second kappa shape index (κ2) is 9.88. The highest BCUT2D eigenvalue weighted by Crippen LogP contribution is 2.65. The van der Waals surface area contributed by atoms with E-state index >= 15 is 0 Å². The van der Waals surface area contributed by atoms with Crippen LogP contribution in [0.15, 0.2) is 48.6 Å². The van der Waals surface area contributed by atoms with Crippen molar-refractivity contribution in [2.24, 2.45) is 11.8 Å². The van der Waals surface area contributed by atoms with E-state index in [1.165, 1.54) is 0 Å². The fourth-order valence-electron chi connectivity index (χ4n) is 6.15. The molecule has 5 atom stereocenters. The predicted octanol–water partition coefficient (Wildman–Crippen LogP) is 3.60. The van der Waals surface area contributed by atoms with Crippen molar-refractivity contribution in [1.29, 1.82) is 0 Å². The van der Waals surface area contributed by atoms with Crippen LogP contribution in [0.2, 0.25) is 5.02 Å². The van der Waals surface area contributed by atoms with Crippen LogP contribution >= 0.6 is 23.4 Å². The van der Waals surface area contributed by atoms with Crippen LogP contribution < -0.4 is 4.90 Å². The van der Waals surface area contributed by atoms with E-state index in [0.717, 1.165) is 6.42 Å². The van der Waals surface area contributed by atoms with Crippen LogP contribution in [0.4, 0.5) is 5.69 Å². The summed E-state index contributed by atoms with van der Waals surface area (Å²) < 4.78 is 4.01. The summed E-state index contributed by atoms with van der Waals surface area (Å²) in [4.78, 5) is 45.1. The van der Waals surface area contributed by atoms with E-state index in [9.17, 15) is 19.5 Å². The van der Waals surface area contributed by atoms with E-state index in [2.05, 4.69) is 0 Å². The van der Waals surface area contributed by atoms with Gasteiger partial charge in [-0.1, -0.05) is 35.9 Å². The third-order valence-electron chi connectivity index (χ3n) is 7.72. The maximum Gasteiger partial charge on any atom is 0.311 e. The van der Waals surface area contributed by atoms with Gasteiger partial charge in [-0.05, 0) is 56.9 Å². The van der Waals surface area contributed by atoms with Crippen LogP contribution in [-0.4, -0.2) is 69.6 Å². The predicted molar refractivity (Wildman–Crippen MR) is 140 cm³/mol. The van der Waals surface area contributed by atoms with E-state index in [1.807, 2.05) is 43.4 Å². The molecule has 0 aliphatic carbocycles. The zero-order valence-corrected chi connectivity index (χ0v) is 21.8. The molecule has 1 spiro atoms. The van der Waals surface area contributed by atoms with Crippen molar-refractivity contribution in [1.82, 2.24) is 4.90 Å². The van der Waals surface area contributed by atoms with Gasteiger partial charge in [0.25, 0.3) is 5.91 Å². The van der Waals surface area contributed by atoms with Gasteiger partial charge in [-0.2, -0.15) is 0 Å². The summed E-state index contributed by atoms with van der Waals surface area (Å²) in [6.07, 6.45) is 10.7. The number of halogens is 1. The normalized spacial score (nSPS) is 33.5. The lowest BCUT2D eigenvalue weighted by Crippen LogP contribution is -2.53. The molecular formula is C27H31ClN2O5S. The minimum atomic E-state index is -0.889. The molecule has 2 amide bonds.